The molecular weight excluding hydrogens is 291 g/mol. The number of carbonyl (C=O) groups excluding carboxylic acids is 3. The van der Waals surface area contributed by atoms with E-state index in [4.69, 9.17) is 14.0 Å². The summed E-state index contributed by atoms with van der Waals surface area (Å²) < 4.78 is 15.1. The molecule has 1 rings (SSSR count). The largest absolute Gasteiger partial charge is 0.633 e. The van der Waals surface area contributed by atoms with Crippen LogP contribution in [0, 0.1) is 0 Å². The third-order valence-electron chi connectivity index (χ3n) is 2.47. The Kier molecular flexibility index (Phi) is 5.98. The smallest absolute Gasteiger partial charge is 0.494 e. The Bertz CT molecular complexity index is 454. The molecule has 1 aliphatic rings. The SMILES string of the molecule is C=C(CNC(=O)OC(C)(C)C)B1OC(=O)CN(C)CC(=O)O1. The lowest BCUT2D eigenvalue weighted by Gasteiger charge is -2.24. The molecule has 0 bridgehead atoms. The lowest BCUT2D eigenvalue weighted by Crippen LogP contribution is -2.45. The molecule has 1 N–H and O–H groups in total. The van der Waals surface area contributed by atoms with Crippen molar-refractivity contribution in [3.63, 3.8) is 0 Å². The van der Waals surface area contributed by atoms with Crippen molar-refractivity contribution in [3.05, 3.63) is 12.1 Å². The van der Waals surface area contributed by atoms with Crippen LogP contribution in [0.2, 0.25) is 0 Å². The molecule has 1 saturated heterocycles. The molecule has 1 heterocycles. The number of nitrogens with one attached hydrogen (secondary N) is 1. The van der Waals surface area contributed by atoms with Crippen molar-refractivity contribution in [2.45, 2.75) is 26.4 Å². The monoisotopic (exact) mass is 312 g/mol. The first kappa shape index (κ1) is 18.0. The Balaban J connectivity index is 2.54. The maximum absolute atomic E-state index is 11.6. The average molecular weight is 312 g/mol. The molecule has 1 aliphatic heterocycles. The number of ether oxygens (including phenoxy) is 1. The second-order valence-corrected chi connectivity index (χ2v) is 6.00. The van der Waals surface area contributed by atoms with E-state index < -0.39 is 30.8 Å². The molecule has 0 unspecified atom stereocenters. The zero-order chi connectivity index (χ0) is 16.9. The van der Waals surface area contributed by atoms with Gasteiger partial charge in [-0.15, -0.1) is 0 Å². The molecule has 122 valence electrons. The fraction of sp³-hybridized carbons (Fsp3) is 0.615. The van der Waals surface area contributed by atoms with Crippen molar-refractivity contribution >= 4 is 25.2 Å². The van der Waals surface area contributed by atoms with E-state index in [9.17, 15) is 14.4 Å². The summed E-state index contributed by atoms with van der Waals surface area (Å²) in [6.45, 7) is 8.76. The van der Waals surface area contributed by atoms with E-state index in [2.05, 4.69) is 11.9 Å². The standard InChI is InChI=1S/C13H21BN2O6/c1-9(6-15-12(19)20-13(2,3)4)14-21-10(17)7-16(5)8-11(18)22-14/h1,6-8H2,2-5H3,(H,15,19). The second kappa shape index (κ2) is 7.30. The summed E-state index contributed by atoms with van der Waals surface area (Å²) in [6.07, 6.45) is -0.642. The van der Waals surface area contributed by atoms with E-state index in [0.29, 0.717) is 0 Å². The lowest BCUT2D eigenvalue weighted by atomic mass is 9.78. The predicted molar refractivity (Wildman–Crippen MR) is 78.8 cm³/mol. The zero-order valence-electron chi connectivity index (χ0n) is 13.3. The van der Waals surface area contributed by atoms with E-state index in [1.54, 1.807) is 27.8 Å². The Morgan fingerprint density at radius 2 is 1.82 bits per heavy atom. The van der Waals surface area contributed by atoms with Crippen LogP contribution in [0.4, 0.5) is 4.79 Å². The van der Waals surface area contributed by atoms with Gasteiger partial charge in [0.25, 0.3) is 0 Å². The van der Waals surface area contributed by atoms with Crippen molar-refractivity contribution in [3.8, 4) is 0 Å². The highest BCUT2D eigenvalue weighted by atomic mass is 16.6. The van der Waals surface area contributed by atoms with Gasteiger partial charge in [0.15, 0.2) is 0 Å². The summed E-state index contributed by atoms with van der Waals surface area (Å²) in [5, 5.41) is 2.46. The molecule has 0 saturated carbocycles. The van der Waals surface area contributed by atoms with Crippen LogP contribution in [0.15, 0.2) is 12.1 Å². The van der Waals surface area contributed by atoms with Crippen LogP contribution < -0.4 is 5.32 Å². The second-order valence-electron chi connectivity index (χ2n) is 6.00. The molecule has 8 nitrogen and oxygen atoms in total. The molecule has 0 radical (unpaired) electrons. The van der Waals surface area contributed by atoms with Gasteiger partial charge in [-0.3, -0.25) is 14.5 Å². The first-order chi connectivity index (χ1) is 10.1. The average Bonchev–Trinajstić information content (AvgIpc) is 2.30. The molecule has 9 heteroatoms. The Morgan fingerprint density at radius 3 is 2.27 bits per heavy atom. The highest BCUT2D eigenvalue weighted by Gasteiger charge is 2.34. The topological polar surface area (TPSA) is 94.2 Å². The van der Waals surface area contributed by atoms with Crippen molar-refractivity contribution in [1.29, 1.82) is 0 Å². The van der Waals surface area contributed by atoms with Gasteiger partial charge in [0.1, 0.15) is 5.60 Å². The summed E-state index contributed by atoms with van der Waals surface area (Å²) in [7, 11) is 0.380. The van der Waals surface area contributed by atoms with Gasteiger partial charge in [-0.05, 0) is 27.8 Å². The van der Waals surface area contributed by atoms with Gasteiger partial charge >= 0.3 is 25.2 Å². The molecule has 0 aromatic heterocycles. The van der Waals surface area contributed by atoms with E-state index in [1.165, 1.54) is 4.90 Å². The number of hydrogen-bond acceptors (Lipinski definition) is 7. The maximum Gasteiger partial charge on any atom is 0.633 e. The Morgan fingerprint density at radius 1 is 1.32 bits per heavy atom. The molecular formula is C13H21BN2O6. The van der Waals surface area contributed by atoms with Gasteiger partial charge in [-0.25, -0.2) is 4.79 Å². The van der Waals surface area contributed by atoms with Gasteiger partial charge in [0, 0.05) is 12.0 Å². The van der Waals surface area contributed by atoms with Gasteiger partial charge in [0.2, 0.25) is 0 Å². The van der Waals surface area contributed by atoms with Crippen LogP contribution in [-0.4, -0.2) is 62.3 Å². The predicted octanol–water partition coefficient (Wildman–Crippen LogP) is 0.127. The minimum absolute atomic E-state index is 0.0294. The number of alkyl carbamates (subject to hydrolysis) is 1. The summed E-state index contributed by atoms with van der Waals surface area (Å²) in [5.74, 6) is -1.09. The molecule has 0 aromatic rings. The first-order valence-corrected chi connectivity index (χ1v) is 6.79. The quantitative estimate of drug-likeness (QED) is 0.740. The molecule has 22 heavy (non-hydrogen) atoms. The van der Waals surface area contributed by atoms with E-state index in [0.717, 1.165) is 0 Å². The summed E-state index contributed by atoms with van der Waals surface area (Å²) >= 11 is 0. The zero-order valence-corrected chi connectivity index (χ0v) is 13.3. The summed E-state index contributed by atoms with van der Waals surface area (Å²) in [6, 6.07) is 0. The minimum atomic E-state index is -1.22. The summed E-state index contributed by atoms with van der Waals surface area (Å²) in [5.41, 5.74) is -0.396. The number of carbonyl (C=O) groups is 3. The molecule has 0 atom stereocenters. The first-order valence-electron chi connectivity index (χ1n) is 6.79. The lowest BCUT2D eigenvalue weighted by molar-refractivity contribution is -0.145. The fourth-order valence-corrected chi connectivity index (χ4v) is 1.58. The minimum Gasteiger partial charge on any atom is -0.494 e. The third kappa shape index (κ3) is 6.62. The molecule has 0 aromatic carbocycles. The molecule has 0 aliphatic carbocycles. The number of rotatable bonds is 3. The van der Waals surface area contributed by atoms with Crippen LogP contribution in [0.3, 0.4) is 0 Å². The number of hydrogen-bond donors (Lipinski definition) is 1. The van der Waals surface area contributed by atoms with Gasteiger partial charge in [-0.2, -0.15) is 0 Å². The fourth-order valence-electron chi connectivity index (χ4n) is 1.58. The molecule has 1 amide bonds. The van der Waals surface area contributed by atoms with Gasteiger partial charge in [-0.1, -0.05) is 6.58 Å². The highest BCUT2D eigenvalue weighted by molar-refractivity contribution is 6.57. The normalized spacial score (nSPS) is 17.0. The Labute approximate surface area is 129 Å². The van der Waals surface area contributed by atoms with Gasteiger partial charge < -0.3 is 19.4 Å². The van der Waals surface area contributed by atoms with Crippen LogP contribution in [0.5, 0.6) is 0 Å². The molecule has 1 fully saturated rings. The van der Waals surface area contributed by atoms with Crippen molar-refractivity contribution in [2.24, 2.45) is 0 Å². The van der Waals surface area contributed by atoms with Crippen LogP contribution in [-0.2, 0) is 23.6 Å². The van der Waals surface area contributed by atoms with Crippen LogP contribution in [0.25, 0.3) is 0 Å². The number of amides is 1. The van der Waals surface area contributed by atoms with Crippen LogP contribution >= 0.6 is 0 Å². The summed E-state index contributed by atoms with van der Waals surface area (Å²) in [4.78, 5) is 36.2. The Hall–Kier alpha value is -2.03. The number of likely N-dealkylation sites (N-methyl/N-ethyl adjacent to an activating group) is 1. The van der Waals surface area contributed by atoms with Crippen molar-refractivity contribution < 1.29 is 28.4 Å². The number of nitrogens with zero attached hydrogens (tertiary/aromatic N) is 1. The van der Waals surface area contributed by atoms with Crippen molar-refractivity contribution in [1.82, 2.24) is 10.2 Å². The van der Waals surface area contributed by atoms with E-state index in [-0.39, 0.29) is 25.1 Å². The van der Waals surface area contributed by atoms with E-state index in [1.807, 2.05) is 0 Å². The maximum atomic E-state index is 11.6. The van der Waals surface area contributed by atoms with Gasteiger partial charge in [0.05, 0.1) is 13.1 Å². The van der Waals surface area contributed by atoms with Crippen LogP contribution in [0.1, 0.15) is 20.8 Å². The van der Waals surface area contributed by atoms with E-state index >= 15 is 0 Å². The highest BCUT2D eigenvalue weighted by Crippen LogP contribution is 2.08. The van der Waals surface area contributed by atoms with Crippen molar-refractivity contribution in [2.75, 3.05) is 26.7 Å². The molecule has 0 spiro atoms. The third-order valence-corrected chi connectivity index (χ3v) is 2.47.